The second kappa shape index (κ2) is 5.35. The maximum absolute atomic E-state index is 12.3. The second-order valence-electron chi connectivity index (χ2n) is 3.29. The maximum Gasteiger partial charge on any atom is 0.411 e. The van der Waals surface area contributed by atoms with Crippen LogP contribution in [0, 0.1) is 0 Å². The van der Waals surface area contributed by atoms with Crippen molar-refractivity contribution in [3.63, 3.8) is 0 Å². The maximum atomic E-state index is 12.3. The molecule has 92 valence electrons. The van der Waals surface area contributed by atoms with Crippen LogP contribution in [0.25, 0.3) is 5.70 Å². The van der Waals surface area contributed by atoms with Gasteiger partial charge in [-0.25, -0.2) is 0 Å². The van der Waals surface area contributed by atoms with Crippen LogP contribution in [0.3, 0.4) is 0 Å². The molecular formula is C11H9BrF3NO. The van der Waals surface area contributed by atoms with Gasteiger partial charge in [-0.2, -0.15) is 13.2 Å². The largest absolute Gasteiger partial charge is 0.411 e. The lowest BCUT2D eigenvalue weighted by molar-refractivity contribution is -0.117. The van der Waals surface area contributed by atoms with Gasteiger partial charge in [-0.3, -0.25) is 4.79 Å². The highest BCUT2D eigenvalue weighted by atomic mass is 79.9. The van der Waals surface area contributed by atoms with E-state index in [-0.39, 0.29) is 11.8 Å². The molecule has 1 rings (SSSR count). The van der Waals surface area contributed by atoms with Crippen LogP contribution in [0.5, 0.6) is 0 Å². The van der Waals surface area contributed by atoms with Gasteiger partial charge >= 0.3 is 6.18 Å². The first-order valence-corrected chi connectivity index (χ1v) is 5.40. The van der Waals surface area contributed by atoms with Crippen LogP contribution in [0.2, 0.25) is 0 Å². The van der Waals surface area contributed by atoms with Crippen molar-refractivity contribution in [1.29, 1.82) is 0 Å². The smallest absolute Gasteiger partial charge is 0.326 e. The first-order valence-electron chi connectivity index (χ1n) is 4.61. The molecule has 0 aliphatic heterocycles. The minimum Gasteiger partial charge on any atom is -0.326 e. The number of amides is 1. The van der Waals surface area contributed by atoms with Crippen LogP contribution in [-0.2, 0) is 4.79 Å². The minimum absolute atomic E-state index is 0.0671. The van der Waals surface area contributed by atoms with Crippen molar-refractivity contribution in [2.45, 2.75) is 13.1 Å². The van der Waals surface area contributed by atoms with E-state index in [0.717, 1.165) is 11.4 Å². The lowest BCUT2D eigenvalue weighted by Crippen LogP contribution is -2.20. The summed E-state index contributed by atoms with van der Waals surface area (Å²) in [6.07, 6.45) is -4.41. The molecule has 0 unspecified atom stereocenters. The van der Waals surface area contributed by atoms with Crippen molar-refractivity contribution >= 4 is 27.5 Å². The predicted octanol–water partition coefficient (Wildman–Crippen LogP) is 3.49. The second-order valence-corrected chi connectivity index (χ2v) is 4.20. The minimum atomic E-state index is -4.48. The number of hydrogen-bond acceptors (Lipinski definition) is 1. The average molecular weight is 308 g/mol. The molecule has 17 heavy (non-hydrogen) atoms. The highest BCUT2D eigenvalue weighted by Crippen LogP contribution is 2.23. The molecule has 2 nitrogen and oxygen atoms in total. The van der Waals surface area contributed by atoms with Gasteiger partial charge in [0, 0.05) is 17.5 Å². The van der Waals surface area contributed by atoms with Crippen LogP contribution >= 0.6 is 15.9 Å². The Morgan fingerprint density at radius 2 is 1.82 bits per heavy atom. The summed E-state index contributed by atoms with van der Waals surface area (Å²) in [5.41, 5.74) is 0.0261. The van der Waals surface area contributed by atoms with Crippen molar-refractivity contribution in [1.82, 2.24) is 5.32 Å². The molecule has 6 heteroatoms. The number of benzene rings is 1. The van der Waals surface area contributed by atoms with Crippen molar-refractivity contribution in [2.24, 2.45) is 0 Å². The molecule has 1 aromatic carbocycles. The molecule has 0 saturated heterocycles. The zero-order chi connectivity index (χ0) is 13.1. The van der Waals surface area contributed by atoms with Gasteiger partial charge in [0.25, 0.3) is 0 Å². The van der Waals surface area contributed by atoms with Gasteiger partial charge in [-0.05, 0) is 17.7 Å². The molecule has 0 radical (unpaired) electrons. The summed E-state index contributed by atoms with van der Waals surface area (Å²) in [5.74, 6) is -0.552. The third-order valence-electron chi connectivity index (χ3n) is 1.77. The molecule has 0 aromatic heterocycles. The van der Waals surface area contributed by atoms with Crippen molar-refractivity contribution in [3.05, 3.63) is 40.4 Å². The average Bonchev–Trinajstić information content (AvgIpc) is 2.14. The summed E-state index contributed by atoms with van der Waals surface area (Å²) in [6.45, 7) is 1.16. The zero-order valence-electron chi connectivity index (χ0n) is 8.81. The van der Waals surface area contributed by atoms with Crippen LogP contribution < -0.4 is 5.32 Å². The topological polar surface area (TPSA) is 29.1 Å². The monoisotopic (exact) mass is 307 g/mol. The summed E-state index contributed by atoms with van der Waals surface area (Å²) in [6, 6.07) is 6.16. The number of nitrogens with one attached hydrogen (secondary N) is 1. The lowest BCUT2D eigenvalue weighted by Gasteiger charge is -2.10. The molecule has 0 heterocycles. The number of halogens is 4. The van der Waals surface area contributed by atoms with E-state index in [9.17, 15) is 18.0 Å². The summed E-state index contributed by atoms with van der Waals surface area (Å²) >= 11 is 3.18. The summed E-state index contributed by atoms with van der Waals surface area (Å²) in [7, 11) is 0. The fourth-order valence-corrected chi connectivity index (χ4v) is 1.44. The van der Waals surface area contributed by atoms with E-state index in [2.05, 4.69) is 21.2 Å². The molecule has 1 amide bonds. The van der Waals surface area contributed by atoms with E-state index < -0.39 is 12.1 Å². The van der Waals surface area contributed by atoms with Gasteiger partial charge < -0.3 is 5.32 Å². The Labute approximate surface area is 105 Å². The summed E-state index contributed by atoms with van der Waals surface area (Å²) < 4.78 is 37.6. The Hall–Kier alpha value is -1.30. The van der Waals surface area contributed by atoms with Crippen LogP contribution in [0.4, 0.5) is 13.2 Å². The van der Waals surface area contributed by atoms with E-state index in [1.165, 1.54) is 12.1 Å². The zero-order valence-corrected chi connectivity index (χ0v) is 10.4. The van der Waals surface area contributed by atoms with Crippen LogP contribution in [-0.4, -0.2) is 12.1 Å². The fourth-order valence-electron chi connectivity index (χ4n) is 1.17. The van der Waals surface area contributed by atoms with E-state index in [1.807, 2.05) is 0 Å². The Bertz CT molecular complexity index is 437. The van der Waals surface area contributed by atoms with Gasteiger partial charge in [0.1, 0.15) is 0 Å². The molecule has 0 aliphatic rings. The van der Waals surface area contributed by atoms with Crippen LogP contribution in [0.1, 0.15) is 12.5 Å². The third kappa shape index (κ3) is 5.04. The molecule has 1 aromatic rings. The van der Waals surface area contributed by atoms with E-state index >= 15 is 0 Å². The lowest BCUT2D eigenvalue weighted by atomic mass is 10.1. The van der Waals surface area contributed by atoms with Gasteiger partial charge in [-0.1, -0.05) is 28.1 Å². The summed E-state index contributed by atoms with van der Waals surface area (Å²) in [5, 5.41) is 2.16. The number of hydrogen-bond donors (Lipinski definition) is 1. The highest BCUT2D eigenvalue weighted by molar-refractivity contribution is 9.10. The Morgan fingerprint density at radius 3 is 2.24 bits per heavy atom. The Morgan fingerprint density at radius 1 is 1.29 bits per heavy atom. The molecule has 0 fully saturated rings. The third-order valence-corrected chi connectivity index (χ3v) is 2.30. The van der Waals surface area contributed by atoms with Crippen molar-refractivity contribution in [3.8, 4) is 0 Å². The van der Waals surface area contributed by atoms with Crippen molar-refractivity contribution < 1.29 is 18.0 Å². The van der Waals surface area contributed by atoms with Gasteiger partial charge in [-0.15, -0.1) is 0 Å². The number of carbonyl (C=O) groups excluding carboxylic acids is 1. The number of alkyl halides is 3. The molecule has 0 atom stereocenters. The molecule has 0 aliphatic carbocycles. The SMILES string of the molecule is CC(=O)N/C(=C/C(F)(F)F)c1ccc(Br)cc1. The fraction of sp³-hybridized carbons (Fsp3) is 0.182. The van der Waals surface area contributed by atoms with Gasteiger partial charge in [0.15, 0.2) is 0 Å². The van der Waals surface area contributed by atoms with E-state index in [4.69, 9.17) is 0 Å². The Kier molecular flexibility index (Phi) is 4.34. The molecule has 0 spiro atoms. The summed E-state index contributed by atoms with van der Waals surface area (Å²) in [4.78, 5) is 10.9. The van der Waals surface area contributed by atoms with Crippen molar-refractivity contribution in [2.75, 3.05) is 0 Å². The van der Waals surface area contributed by atoms with Gasteiger partial charge in [0.2, 0.25) is 5.91 Å². The Balaban J connectivity index is 3.10. The number of carbonyl (C=O) groups is 1. The molecule has 1 N–H and O–H groups in total. The van der Waals surface area contributed by atoms with E-state index in [0.29, 0.717) is 5.56 Å². The molecule has 0 saturated carbocycles. The van der Waals surface area contributed by atoms with Crippen LogP contribution in [0.15, 0.2) is 34.8 Å². The first kappa shape index (κ1) is 13.8. The standard InChI is InChI=1S/C11H9BrF3NO/c1-7(17)16-10(6-11(13,14)15)8-2-4-9(12)5-3-8/h2-6H,1H3,(H,16,17)/b10-6+. The van der Waals surface area contributed by atoms with E-state index in [1.54, 1.807) is 12.1 Å². The molecule has 0 bridgehead atoms. The highest BCUT2D eigenvalue weighted by Gasteiger charge is 2.25. The first-order chi connectivity index (χ1) is 7.78. The number of allylic oxidation sites excluding steroid dienone is 1. The van der Waals surface area contributed by atoms with Gasteiger partial charge in [0.05, 0.1) is 5.70 Å². The predicted molar refractivity (Wildman–Crippen MR) is 62.0 cm³/mol. The molecular weight excluding hydrogens is 299 g/mol. The quantitative estimate of drug-likeness (QED) is 0.890. The normalized spacial score (nSPS) is 12.4. The number of rotatable bonds is 2.